The van der Waals surface area contributed by atoms with Crippen LogP contribution in [0, 0.1) is 11.3 Å². The van der Waals surface area contributed by atoms with Gasteiger partial charge in [0.05, 0.1) is 17.3 Å². The van der Waals surface area contributed by atoms with E-state index in [0.29, 0.717) is 12.3 Å². The molecular weight excluding hydrogens is 442 g/mol. The van der Waals surface area contributed by atoms with E-state index in [9.17, 15) is 15.0 Å². The highest BCUT2D eigenvalue weighted by Crippen LogP contribution is 2.69. The van der Waals surface area contributed by atoms with Crippen LogP contribution in [0.3, 0.4) is 0 Å². The number of para-hydroxylation sites is 1. The Balaban J connectivity index is 1.49. The summed E-state index contributed by atoms with van der Waals surface area (Å²) in [6, 6.07) is 8.51. The number of carbonyl (C=O) groups excluding carboxylic acids is 1. The zero-order valence-electron chi connectivity index (χ0n) is 21.4. The van der Waals surface area contributed by atoms with Crippen LogP contribution in [-0.2, 0) is 26.1 Å². The number of hydrogen-bond donors (Lipinski definition) is 3. The third-order valence-electron chi connectivity index (χ3n) is 10.2. The lowest BCUT2D eigenvalue weighted by Crippen LogP contribution is -2.68. The van der Waals surface area contributed by atoms with E-state index in [1.165, 1.54) is 23.6 Å². The molecule has 0 saturated heterocycles. The fourth-order valence-electron chi connectivity index (χ4n) is 8.25. The lowest BCUT2D eigenvalue weighted by molar-refractivity contribution is -0.214. The van der Waals surface area contributed by atoms with Crippen molar-refractivity contribution < 1.29 is 24.5 Å². The summed E-state index contributed by atoms with van der Waals surface area (Å²) >= 11 is 0. The van der Waals surface area contributed by atoms with E-state index < -0.39 is 34.8 Å². The van der Waals surface area contributed by atoms with Crippen LogP contribution in [0.5, 0.6) is 0 Å². The van der Waals surface area contributed by atoms with Crippen molar-refractivity contribution in [1.29, 1.82) is 0 Å². The summed E-state index contributed by atoms with van der Waals surface area (Å²) in [4.78, 5) is 15.7. The van der Waals surface area contributed by atoms with Gasteiger partial charge in [-0.2, -0.15) is 0 Å². The van der Waals surface area contributed by atoms with Crippen LogP contribution in [0.15, 0.2) is 35.9 Å². The Labute approximate surface area is 206 Å². The van der Waals surface area contributed by atoms with E-state index in [4.69, 9.17) is 9.47 Å². The molecule has 3 aliphatic carbocycles. The molecule has 0 unspecified atom stereocenters. The topological polar surface area (TPSA) is 91.8 Å². The fourth-order valence-corrected chi connectivity index (χ4v) is 8.25. The van der Waals surface area contributed by atoms with Crippen LogP contribution in [0.1, 0.15) is 71.6 Å². The summed E-state index contributed by atoms with van der Waals surface area (Å²) in [5.74, 6) is 0.0246. The molecule has 2 heterocycles. The van der Waals surface area contributed by atoms with Crippen LogP contribution in [0.4, 0.5) is 0 Å². The molecule has 0 spiro atoms. The Morgan fingerprint density at radius 1 is 1.20 bits per heavy atom. The van der Waals surface area contributed by atoms with Crippen molar-refractivity contribution in [1.82, 2.24) is 4.98 Å². The van der Waals surface area contributed by atoms with Gasteiger partial charge in [0.25, 0.3) is 0 Å². The number of aromatic nitrogens is 1. The third-order valence-corrected chi connectivity index (χ3v) is 10.2. The molecule has 6 nitrogen and oxygen atoms in total. The van der Waals surface area contributed by atoms with Gasteiger partial charge in [0.1, 0.15) is 12.2 Å². The van der Waals surface area contributed by atoms with Gasteiger partial charge in [-0.25, -0.2) is 0 Å². The molecule has 1 aliphatic heterocycles. The molecule has 7 atom stereocenters. The number of benzene rings is 1. The molecule has 0 amide bonds. The van der Waals surface area contributed by atoms with Gasteiger partial charge in [-0.3, -0.25) is 4.79 Å². The number of fused-ring (bicyclic) bond motifs is 9. The molecule has 6 rings (SSSR count). The average Bonchev–Trinajstić information content (AvgIpc) is 3.29. The van der Waals surface area contributed by atoms with Gasteiger partial charge in [-0.15, -0.1) is 0 Å². The minimum Gasteiger partial charge on any atom is -0.455 e. The molecule has 0 bridgehead atoms. The van der Waals surface area contributed by atoms with Crippen molar-refractivity contribution in [2.45, 2.75) is 102 Å². The standard InChI is InChI=1S/C29H37NO5/c1-16(31)34-23-15-20-22(35-25(23)26(2,3)32)11-12-27(4)28(5)17(10-13-29(20,27)33)14-19-18-8-6-7-9-21(18)30-24(19)28/h6-9,15,17,22-23,25,30,32-33H,10-14H2,1-5H3/t17-,22-,23+,25-,27+,28+,29+/m0/s1. The first-order valence-electron chi connectivity index (χ1n) is 13.0. The molecule has 188 valence electrons. The Morgan fingerprint density at radius 3 is 2.66 bits per heavy atom. The minimum absolute atomic E-state index is 0.232. The number of rotatable bonds is 2. The molecule has 2 fully saturated rings. The van der Waals surface area contributed by atoms with Crippen LogP contribution >= 0.6 is 0 Å². The normalized spacial score (nSPS) is 40.4. The van der Waals surface area contributed by atoms with E-state index >= 15 is 0 Å². The molecule has 1 aromatic heterocycles. The number of carbonyl (C=O) groups is 1. The lowest BCUT2D eigenvalue weighted by Gasteiger charge is -2.65. The highest BCUT2D eigenvalue weighted by atomic mass is 16.6. The highest BCUT2D eigenvalue weighted by Gasteiger charge is 2.70. The maximum Gasteiger partial charge on any atom is 0.303 e. The molecule has 3 N–H and O–H groups in total. The van der Waals surface area contributed by atoms with Crippen LogP contribution in [0.2, 0.25) is 0 Å². The first-order chi connectivity index (χ1) is 16.4. The van der Waals surface area contributed by atoms with E-state index in [1.807, 2.05) is 6.08 Å². The summed E-state index contributed by atoms with van der Waals surface area (Å²) in [6.07, 6.45) is 4.31. The molecule has 2 aromatic rings. The Bertz CT molecular complexity index is 1240. The van der Waals surface area contributed by atoms with Gasteiger partial charge in [-0.05, 0) is 75.1 Å². The van der Waals surface area contributed by atoms with Crippen molar-refractivity contribution in [3.63, 3.8) is 0 Å². The summed E-state index contributed by atoms with van der Waals surface area (Å²) in [5.41, 5.74) is 1.70. The second-order valence-corrected chi connectivity index (χ2v) is 12.3. The number of aromatic amines is 1. The third kappa shape index (κ3) is 2.90. The summed E-state index contributed by atoms with van der Waals surface area (Å²) < 4.78 is 12.1. The van der Waals surface area contributed by atoms with E-state index in [0.717, 1.165) is 36.8 Å². The van der Waals surface area contributed by atoms with Crippen molar-refractivity contribution in [3.05, 3.63) is 47.2 Å². The number of aliphatic hydroxyl groups is 2. The number of nitrogens with one attached hydrogen (secondary N) is 1. The van der Waals surface area contributed by atoms with Crippen molar-refractivity contribution in [2.75, 3.05) is 0 Å². The van der Waals surface area contributed by atoms with Gasteiger partial charge >= 0.3 is 5.97 Å². The molecule has 6 heteroatoms. The number of hydrogen-bond acceptors (Lipinski definition) is 5. The Morgan fingerprint density at radius 2 is 1.94 bits per heavy atom. The van der Waals surface area contributed by atoms with Gasteiger partial charge in [0.2, 0.25) is 0 Å². The Kier molecular flexibility index (Phi) is 4.79. The SMILES string of the molecule is CC(=O)O[C@@H]1C=C2[C@H](CC[C@@]3(C)[C@@]2(O)CC[C@H]2Cc4c([nH]c5ccccc45)[C@@]23C)O[C@@H]1C(C)(C)O. The fraction of sp³-hybridized carbons (Fsp3) is 0.621. The predicted molar refractivity (Wildman–Crippen MR) is 133 cm³/mol. The van der Waals surface area contributed by atoms with Gasteiger partial charge in [-0.1, -0.05) is 32.0 Å². The highest BCUT2D eigenvalue weighted by molar-refractivity contribution is 5.86. The van der Waals surface area contributed by atoms with Gasteiger partial charge < -0.3 is 24.7 Å². The van der Waals surface area contributed by atoms with Crippen molar-refractivity contribution in [2.24, 2.45) is 11.3 Å². The first kappa shape index (κ1) is 23.3. The van der Waals surface area contributed by atoms with Gasteiger partial charge in [0.15, 0.2) is 0 Å². The van der Waals surface area contributed by atoms with Crippen molar-refractivity contribution >= 4 is 16.9 Å². The van der Waals surface area contributed by atoms with Crippen LogP contribution in [0.25, 0.3) is 10.9 Å². The molecular formula is C29H37NO5. The molecule has 35 heavy (non-hydrogen) atoms. The zero-order chi connectivity index (χ0) is 25.0. The average molecular weight is 480 g/mol. The van der Waals surface area contributed by atoms with E-state index in [1.54, 1.807) is 13.8 Å². The van der Waals surface area contributed by atoms with Crippen LogP contribution < -0.4 is 0 Å². The van der Waals surface area contributed by atoms with E-state index in [2.05, 4.69) is 43.1 Å². The molecule has 4 aliphatic rings. The molecule has 0 radical (unpaired) electrons. The zero-order valence-corrected chi connectivity index (χ0v) is 21.4. The number of ether oxygens (including phenoxy) is 2. The number of H-pyrrole nitrogens is 1. The smallest absolute Gasteiger partial charge is 0.303 e. The lowest BCUT2D eigenvalue weighted by atomic mass is 9.42. The minimum atomic E-state index is -1.19. The summed E-state index contributed by atoms with van der Waals surface area (Å²) in [5, 5.41) is 24.7. The van der Waals surface area contributed by atoms with Crippen molar-refractivity contribution in [3.8, 4) is 0 Å². The molecule has 2 saturated carbocycles. The van der Waals surface area contributed by atoms with Gasteiger partial charge in [0, 0.05) is 34.4 Å². The summed E-state index contributed by atoms with van der Waals surface area (Å²) in [6.45, 7) is 9.32. The quantitative estimate of drug-likeness (QED) is 0.441. The van der Waals surface area contributed by atoms with Crippen LogP contribution in [-0.4, -0.2) is 50.7 Å². The predicted octanol–water partition coefficient (Wildman–Crippen LogP) is 4.32. The second kappa shape index (κ2) is 7.21. The first-order valence-corrected chi connectivity index (χ1v) is 13.0. The largest absolute Gasteiger partial charge is 0.455 e. The number of esters is 1. The maximum atomic E-state index is 12.6. The second-order valence-electron chi connectivity index (χ2n) is 12.3. The Hall–Kier alpha value is -2.15. The molecule has 1 aromatic carbocycles. The maximum absolute atomic E-state index is 12.6. The summed E-state index contributed by atoms with van der Waals surface area (Å²) in [7, 11) is 0. The monoisotopic (exact) mass is 479 g/mol. The van der Waals surface area contributed by atoms with E-state index in [-0.39, 0.29) is 11.5 Å².